The lowest BCUT2D eigenvalue weighted by Crippen LogP contribution is -2.24. The lowest BCUT2D eigenvalue weighted by Gasteiger charge is -2.20. The Morgan fingerprint density at radius 2 is 2.14 bits per heavy atom. The van der Waals surface area contributed by atoms with E-state index in [1.807, 2.05) is 18.2 Å². The molecule has 0 bridgehead atoms. The van der Waals surface area contributed by atoms with Gasteiger partial charge in [-0.2, -0.15) is 0 Å². The monoisotopic (exact) mass is 367 g/mol. The van der Waals surface area contributed by atoms with Crippen LogP contribution in [0.25, 0.3) is 0 Å². The molecule has 0 fully saturated rings. The maximum absolute atomic E-state index is 6.08. The van der Waals surface area contributed by atoms with Crippen LogP contribution in [0.3, 0.4) is 0 Å². The van der Waals surface area contributed by atoms with Gasteiger partial charge in [0.25, 0.3) is 0 Å². The third-order valence-electron chi connectivity index (χ3n) is 3.27. The van der Waals surface area contributed by atoms with Crippen LogP contribution in [0.2, 0.25) is 5.02 Å². The first-order valence-electron chi connectivity index (χ1n) is 6.99. The van der Waals surface area contributed by atoms with Crippen molar-refractivity contribution in [1.29, 1.82) is 0 Å². The minimum Gasteiger partial charge on any atom is -0.384 e. The predicted molar refractivity (Wildman–Crippen MR) is 92.5 cm³/mol. The van der Waals surface area contributed by atoms with Gasteiger partial charge in [-0.15, -0.1) is 0 Å². The van der Waals surface area contributed by atoms with Crippen LogP contribution in [0.5, 0.6) is 0 Å². The molecule has 21 heavy (non-hydrogen) atoms. The molecule has 1 aromatic heterocycles. The van der Waals surface area contributed by atoms with E-state index in [1.54, 1.807) is 6.20 Å². The summed E-state index contributed by atoms with van der Waals surface area (Å²) < 4.78 is 0.916. The Labute approximate surface area is 139 Å². The van der Waals surface area contributed by atoms with Gasteiger partial charge in [0.15, 0.2) is 0 Å². The van der Waals surface area contributed by atoms with Crippen molar-refractivity contribution >= 4 is 33.3 Å². The fourth-order valence-corrected chi connectivity index (χ4v) is 2.73. The number of nitrogen functional groups attached to an aromatic ring is 1. The molecule has 3 nitrogen and oxygen atoms in total. The molecule has 0 spiro atoms. The molecule has 1 unspecified atom stereocenters. The number of rotatable bonds is 6. The van der Waals surface area contributed by atoms with E-state index in [0.29, 0.717) is 5.82 Å². The van der Waals surface area contributed by atoms with E-state index in [9.17, 15) is 0 Å². The van der Waals surface area contributed by atoms with E-state index in [-0.39, 0.29) is 6.04 Å². The Bertz CT molecular complexity index is 604. The minimum absolute atomic E-state index is 0.223. The van der Waals surface area contributed by atoms with Crippen molar-refractivity contribution in [2.24, 2.45) is 0 Å². The Kier molecular flexibility index (Phi) is 6.03. The quantitative estimate of drug-likeness (QED) is 0.796. The van der Waals surface area contributed by atoms with Crippen molar-refractivity contribution in [1.82, 2.24) is 10.3 Å². The van der Waals surface area contributed by atoms with Crippen molar-refractivity contribution < 1.29 is 0 Å². The lowest BCUT2D eigenvalue weighted by molar-refractivity contribution is 0.529. The standard InChI is InChI=1S/C16H19BrClN3/c1-2-6-20-15(8-11-5-7-21-16(19)9-11)12-3-4-14(18)13(17)10-12/h3-5,7,9-10,15,20H,2,6,8H2,1H3,(H2,19,21). The van der Waals surface area contributed by atoms with Crippen molar-refractivity contribution in [3.63, 3.8) is 0 Å². The van der Waals surface area contributed by atoms with E-state index in [1.165, 1.54) is 11.1 Å². The van der Waals surface area contributed by atoms with Crippen LogP contribution in [0, 0.1) is 0 Å². The maximum atomic E-state index is 6.08. The Hall–Kier alpha value is -1.10. The highest BCUT2D eigenvalue weighted by atomic mass is 79.9. The van der Waals surface area contributed by atoms with Gasteiger partial charge < -0.3 is 11.1 Å². The second-order valence-electron chi connectivity index (χ2n) is 4.97. The van der Waals surface area contributed by atoms with Gasteiger partial charge in [-0.25, -0.2) is 4.98 Å². The van der Waals surface area contributed by atoms with Crippen molar-refractivity contribution in [2.45, 2.75) is 25.8 Å². The molecule has 1 heterocycles. The van der Waals surface area contributed by atoms with Crippen LogP contribution in [0.4, 0.5) is 5.82 Å². The number of nitrogens with zero attached hydrogens (tertiary/aromatic N) is 1. The molecule has 5 heteroatoms. The summed E-state index contributed by atoms with van der Waals surface area (Å²) in [7, 11) is 0. The first kappa shape index (κ1) is 16.3. The van der Waals surface area contributed by atoms with Gasteiger partial charge in [-0.1, -0.05) is 24.6 Å². The third kappa shape index (κ3) is 4.70. The van der Waals surface area contributed by atoms with E-state index >= 15 is 0 Å². The SMILES string of the molecule is CCCNC(Cc1ccnc(N)c1)c1ccc(Cl)c(Br)c1. The molecular formula is C16H19BrClN3. The predicted octanol–water partition coefficient (Wildman–Crippen LogP) is 4.36. The van der Waals surface area contributed by atoms with Crippen molar-refractivity contribution in [3.05, 3.63) is 57.2 Å². The fourth-order valence-electron chi connectivity index (χ4n) is 2.21. The molecule has 3 N–H and O–H groups in total. The molecule has 0 saturated heterocycles. The fraction of sp³-hybridized carbons (Fsp3) is 0.312. The zero-order valence-electron chi connectivity index (χ0n) is 11.9. The molecule has 0 saturated carbocycles. The van der Waals surface area contributed by atoms with Crippen molar-refractivity contribution in [3.8, 4) is 0 Å². The Balaban J connectivity index is 2.22. The first-order valence-corrected chi connectivity index (χ1v) is 8.16. The van der Waals surface area contributed by atoms with E-state index in [0.717, 1.165) is 28.9 Å². The number of hydrogen-bond donors (Lipinski definition) is 2. The van der Waals surface area contributed by atoms with Crippen LogP contribution >= 0.6 is 27.5 Å². The summed E-state index contributed by atoms with van der Waals surface area (Å²) in [5.41, 5.74) is 8.13. The van der Waals surface area contributed by atoms with Crippen molar-refractivity contribution in [2.75, 3.05) is 12.3 Å². The van der Waals surface area contributed by atoms with E-state index in [4.69, 9.17) is 17.3 Å². The van der Waals surface area contributed by atoms with Gasteiger partial charge in [0.2, 0.25) is 0 Å². The minimum atomic E-state index is 0.223. The van der Waals surface area contributed by atoms with Gasteiger partial charge >= 0.3 is 0 Å². The highest BCUT2D eigenvalue weighted by Crippen LogP contribution is 2.27. The molecule has 0 aliphatic heterocycles. The van der Waals surface area contributed by atoms with E-state index < -0.39 is 0 Å². The number of pyridine rings is 1. The van der Waals surface area contributed by atoms with Gasteiger partial charge in [-0.3, -0.25) is 0 Å². The highest BCUT2D eigenvalue weighted by molar-refractivity contribution is 9.10. The summed E-state index contributed by atoms with van der Waals surface area (Å²) in [5, 5.41) is 4.30. The number of anilines is 1. The molecular weight excluding hydrogens is 350 g/mol. The molecule has 0 radical (unpaired) electrons. The average Bonchev–Trinajstić information content (AvgIpc) is 2.46. The number of nitrogens with one attached hydrogen (secondary N) is 1. The molecule has 0 aliphatic carbocycles. The van der Waals surface area contributed by atoms with Crippen LogP contribution < -0.4 is 11.1 Å². The van der Waals surface area contributed by atoms with Gasteiger partial charge in [0.1, 0.15) is 5.82 Å². The molecule has 0 amide bonds. The largest absolute Gasteiger partial charge is 0.384 e. The smallest absolute Gasteiger partial charge is 0.123 e. The third-order valence-corrected chi connectivity index (χ3v) is 4.49. The summed E-state index contributed by atoms with van der Waals surface area (Å²) >= 11 is 9.57. The number of halogens is 2. The highest BCUT2D eigenvalue weighted by Gasteiger charge is 2.13. The zero-order valence-corrected chi connectivity index (χ0v) is 14.3. The molecule has 2 rings (SSSR count). The molecule has 112 valence electrons. The summed E-state index contributed by atoms with van der Waals surface area (Å²) in [5.74, 6) is 0.555. The molecule has 0 aliphatic rings. The van der Waals surface area contributed by atoms with E-state index in [2.05, 4.69) is 45.3 Å². The lowest BCUT2D eigenvalue weighted by atomic mass is 9.99. The molecule has 1 atom stereocenters. The number of hydrogen-bond acceptors (Lipinski definition) is 3. The second-order valence-corrected chi connectivity index (χ2v) is 6.23. The summed E-state index contributed by atoms with van der Waals surface area (Å²) in [6, 6.07) is 10.2. The van der Waals surface area contributed by atoms with Crippen LogP contribution in [-0.2, 0) is 6.42 Å². The number of benzene rings is 1. The summed E-state index contributed by atoms with van der Waals surface area (Å²) in [6.45, 7) is 3.12. The Morgan fingerprint density at radius 1 is 1.33 bits per heavy atom. The second kappa shape index (κ2) is 7.78. The topological polar surface area (TPSA) is 50.9 Å². The molecule has 2 aromatic rings. The average molecular weight is 369 g/mol. The first-order chi connectivity index (χ1) is 10.1. The van der Waals surface area contributed by atoms with Crippen LogP contribution in [0.15, 0.2) is 41.0 Å². The molecule has 1 aromatic carbocycles. The summed E-state index contributed by atoms with van der Waals surface area (Å²) in [4.78, 5) is 4.04. The normalized spacial score (nSPS) is 12.3. The number of nitrogens with two attached hydrogens (primary N) is 1. The maximum Gasteiger partial charge on any atom is 0.123 e. The van der Waals surface area contributed by atoms with Gasteiger partial charge in [-0.05, 0) is 70.7 Å². The zero-order chi connectivity index (χ0) is 15.2. The number of aromatic nitrogens is 1. The van der Waals surface area contributed by atoms with Crippen LogP contribution in [-0.4, -0.2) is 11.5 Å². The van der Waals surface area contributed by atoms with Gasteiger partial charge in [0.05, 0.1) is 5.02 Å². The summed E-state index contributed by atoms with van der Waals surface area (Å²) in [6.07, 6.45) is 3.70. The Morgan fingerprint density at radius 3 is 2.81 bits per heavy atom. The van der Waals surface area contributed by atoms with Gasteiger partial charge in [0, 0.05) is 16.7 Å². The van der Waals surface area contributed by atoms with Crippen LogP contribution in [0.1, 0.15) is 30.5 Å².